The largest absolute Gasteiger partial charge is 0.508 e. The summed E-state index contributed by atoms with van der Waals surface area (Å²) >= 11 is 0. The molecule has 8 heteroatoms. The molecule has 8 nitrogen and oxygen atoms in total. The number of aromatic hydroxyl groups is 1. The van der Waals surface area contributed by atoms with Gasteiger partial charge in [0.2, 0.25) is 0 Å². The van der Waals surface area contributed by atoms with Gasteiger partial charge >= 0.3 is 5.69 Å². The third kappa shape index (κ3) is 3.72. The molecule has 0 unspecified atom stereocenters. The molecule has 30 heavy (non-hydrogen) atoms. The Labute approximate surface area is 172 Å². The first kappa shape index (κ1) is 19.9. The first-order valence-corrected chi connectivity index (χ1v) is 10.1. The number of H-pyrrole nitrogens is 1. The summed E-state index contributed by atoms with van der Waals surface area (Å²) in [5.41, 5.74) is 1.02. The lowest BCUT2D eigenvalue weighted by atomic mass is 10.1. The summed E-state index contributed by atoms with van der Waals surface area (Å²) in [4.78, 5) is 46.9. The van der Waals surface area contributed by atoms with Crippen LogP contribution in [0.5, 0.6) is 5.75 Å². The summed E-state index contributed by atoms with van der Waals surface area (Å²) in [5, 5.41) is 9.60. The van der Waals surface area contributed by atoms with Crippen molar-refractivity contribution in [1.29, 1.82) is 0 Å². The zero-order valence-electron chi connectivity index (χ0n) is 17.0. The summed E-state index contributed by atoms with van der Waals surface area (Å²) in [6.45, 7) is 2.66. The monoisotopic (exact) mass is 408 g/mol. The number of benzene rings is 1. The fourth-order valence-electron chi connectivity index (χ4n) is 3.63. The Morgan fingerprint density at radius 1 is 1.27 bits per heavy atom. The Balaban J connectivity index is 1.83. The van der Waals surface area contributed by atoms with Gasteiger partial charge in [0.15, 0.2) is 5.65 Å². The molecule has 4 rings (SSSR count). The fraction of sp³-hybridized carbons (Fsp3) is 0.364. The number of aromatic nitrogens is 3. The van der Waals surface area contributed by atoms with E-state index in [0.29, 0.717) is 19.5 Å². The molecule has 2 heterocycles. The molecule has 2 N–H and O–H groups in total. The lowest BCUT2D eigenvalue weighted by molar-refractivity contribution is 0.0786. The highest BCUT2D eigenvalue weighted by Gasteiger charge is 2.29. The molecule has 3 aromatic rings. The SMILES string of the molecule is CCCn1c(=O)[nH]c(=O)c2c(C(=O)N(C)Cc3ccc(O)cc3)cc(C3CC3)nc21. The molecule has 1 aliphatic rings. The van der Waals surface area contributed by atoms with Crippen molar-refractivity contribution >= 4 is 16.9 Å². The molecule has 1 fully saturated rings. The van der Waals surface area contributed by atoms with Gasteiger partial charge in [-0.1, -0.05) is 19.1 Å². The molecule has 0 atom stereocenters. The van der Waals surface area contributed by atoms with Crippen LogP contribution in [0.4, 0.5) is 0 Å². The summed E-state index contributed by atoms with van der Waals surface area (Å²) < 4.78 is 1.44. The number of hydrogen-bond acceptors (Lipinski definition) is 5. The van der Waals surface area contributed by atoms with Crippen molar-refractivity contribution in [1.82, 2.24) is 19.4 Å². The summed E-state index contributed by atoms with van der Waals surface area (Å²) in [5.74, 6) is 0.0970. The van der Waals surface area contributed by atoms with Crippen molar-refractivity contribution in [3.05, 3.63) is 68.0 Å². The van der Waals surface area contributed by atoms with Gasteiger partial charge in [0.25, 0.3) is 11.5 Å². The minimum atomic E-state index is -0.599. The highest BCUT2D eigenvalue weighted by atomic mass is 16.3. The number of nitrogens with one attached hydrogen (secondary N) is 1. The smallest absolute Gasteiger partial charge is 0.329 e. The van der Waals surface area contributed by atoms with Crippen molar-refractivity contribution in [3.8, 4) is 5.75 Å². The minimum Gasteiger partial charge on any atom is -0.508 e. The van der Waals surface area contributed by atoms with Gasteiger partial charge in [-0.25, -0.2) is 9.78 Å². The summed E-state index contributed by atoms with van der Waals surface area (Å²) in [7, 11) is 1.66. The zero-order chi connectivity index (χ0) is 21.4. The summed E-state index contributed by atoms with van der Waals surface area (Å²) in [6, 6.07) is 8.31. The number of carbonyl (C=O) groups excluding carboxylic acids is 1. The Hall–Kier alpha value is -3.42. The third-order valence-corrected chi connectivity index (χ3v) is 5.34. The molecule has 156 valence electrons. The Morgan fingerprint density at radius 2 is 1.97 bits per heavy atom. The highest BCUT2D eigenvalue weighted by Crippen LogP contribution is 2.40. The maximum atomic E-state index is 13.3. The zero-order valence-corrected chi connectivity index (χ0v) is 17.0. The van der Waals surface area contributed by atoms with Gasteiger partial charge in [-0.05, 0) is 43.0 Å². The molecule has 1 amide bonds. The normalized spacial score (nSPS) is 13.5. The van der Waals surface area contributed by atoms with Gasteiger partial charge in [-0.2, -0.15) is 0 Å². The number of aromatic amines is 1. The van der Waals surface area contributed by atoms with Crippen molar-refractivity contribution in [2.24, 2.45) is 0 Å². The van der Waals surface area contributed by atoms with E-state index in [1.807, 2.05) is 6.92 Å². The van der Waals surface area contributed by atoms with E-state index >= 15 is 0 Å². The second kappa shape index (κ2) is 7.78. The van der Waals surface area contributed by atoms with Gasteiger partial charge in [0, 0.05) is 31.7 Å². The van der Waals surface area contributed by atoms with Crippen LogP contribution in [-0.2, 0) is 13.1 Å². The second-order valence-corrected chi connectivity index (χ2v) is 7.81. The molecular weight excluding hydrogens is 384 g/mol. The lowest BCUT2D eigenvalue weighted by Crippen LogP contribution is -2.34. The molecule has 1 aliphatic carbocycles. The van der Waals surface area contributed by atoms with Crippen LogP contribution >= 0.6 is 0 Å². The van der Waals surface area contributed by atoms with Crippen LogP contribution in [0.15, 0.2) is 39.9 Å². The van der Waals surface area contributed by atoms with E-state index in [4.69, 9.17) is 0 Å². The standard InChI is InChI=1S/C22H24N4O4/c1-3-10-26-19-18(20(28)24-22(26)30)16(11-17(23-19)14-6-7-14)21(29)25(2)12-13-4-8-15(27)9-5-13/h4-5,8-9,11,14,27H,3,6-7,10,12H2,1-2H3,(H,24,28,30). The number of rotatable bonds is 6. The Morgan fingerprint density at radius 3 is 2.60 bits per heavy atom. The van der Waals surface area contributed by atoms with Crippen molar-refractivity contribution in [2.45, 2.75) is 45.2 Å². The average molecular weight is 408 g/mol. The highest BCUT2D eigenvalue weighted by molar-refractivity contribution is 6.05. The van der Waals surface area contributed by atoms with E-state index in [1.165, 1.54) is 9.47 Å². The van der Waals surface area contributed by atoms with Gasteiger partial charge < -0.3 is 10.0 Å². The molecule has 2 aromatic heterocycles. The van der Waals surface area contributed by atoms with Gasteiger partial charge in [0.05, 0.1) is 10.9 Å². The number of phenolic OH excluding ortho intramolecular Hbond substituents is 1. The van der Waals surface area contributed by atoms with Crippen molar-refractivity contribution in [2.75, 3.05) is 7.05 Å². The molecule has 1 saturated carbocycles. The topological polar surface area (TPSA) is 108 Å². The Kier molecular flexibility index (Phi) is 5.15. The van der Waals surface area contributed by atoms with Crippen molar-refractivity contribution < 1.29 is 9.90 Å². The second-order valence-electron chi connectivity index (χ2n) is 7.81. The van der Waals surface area contributed by atoms with Crippen molar-refractivity contribution in [3.63, 3.8) is 0 Å². The minimum absolute atomic E-state index is 0.148. The van der Waals surface area contributed by atoms with E-state index in [1.54, 1.807) is 37.4 Å². The third-order valence-electron chi connectivity index (χ3n) is 5.34. The lowest BCUT2D eigenvalue weighted by Gasteiger charge is -2.19. The van der Waals surface area contributed by atoms with E-state index in [-0.39, 0.29) is 34.2 Å². The number of nitrogens with zero attached hydrogens (tertiary/aromatic N) is 3. The maximum absolute atomic E-state index is 13.3. The number of pyridine rings is 1. The van der Waals surface area contributed by atoms with Gasteiger partial charge in [0.1, 0.15) is 5.75 Å². The number of carbonyl (C=O) groups is 1. The number of phenols is 1. The predicted molar refractivity (Wildman–Crippen MR) is 113 cm³/mol. The quantitative estimate of drug-likeness (QED) is 0.651. The van der Waals surface area contributed by atoms with Crippen LogP contribution in [0.2, 0.25) is 0 Å². The first-order chi connectivity index (χ1) is 14.4. The van der Waals surface area contributed by atoms with Crippen LogP contribution in [0.25, 0.3) is 11.0 Å². The molecule has 0 saturated heterocycles. The molecule has 0 spiro atoms. The average Bonchev–Trinajstić information content (AvgIpc) is 3.56. The van der Waals surface area contributed by atoms with Gasteiger partial charge in [-0.15, -0.1) is 0 Å². The Bertz CT molecular complexity index is 1220. The maximum Gasteiger partial charge on any atom is 0.329 e. The molecule has 0 bridgehead atoms. The van der Waals surface area contributed by atoms with Crippen LogP contribution in [0, 0.1) is 0 Å². The van der Waals surface area contributed by atoms with Gasteiger partial charge in [-0.3, -0.25) is 19.1 Å². The van der Waals surface area contributed by atoms with E-state index in [2.05, 4.69) is 9.97 Å². The number of hydrogen-bond donors (Lipinski definition) is 2. The number of aryl methyl sites for hydroxylation is 1. The molecule has 0 radical (unpaired) electrons. The predicted octanol–water partition coefficient (Wildman–Crippen LogP) is 2.35. The molecule has 0 aliphatic heterocycles. The van der Waals surface area contributed by atoms with Crippen LogP contribution < -0.4 is 11.2 Å². The molecule has 1 aromatic carbocycles. The number of amides is 1. The fourth-order valence-corrected chi connectivity index (χ4v) is 3.63. The molecular formula is C22H24N4O4. The first-order valence-electron chi connectivity index (χ1n) is 10.1. The van der Waals surface area contributed by atoms with E-state index in [0.717, 1.165) is 24.1 Å². The van der Waals surface area contributed by atoms with Crippen LogP contribution in [-0.4, -0.2) is 37.5 Å². The number of fused-ring (bicyclic) bond motifs is 1. The van der Waals surface area contributed by atoms with E-state index in [9.17, 15) is 19.5 Å². The van der Waals surface area contributed by atoms with Crippen LogP contribution in [0.3, 0.4) is 0 Å². The van der Waals surface area contributed by atoms with Crippen LogP contribution in [0.1, 0.15) is 53.7 Å². The van der Waals surface area contributed by atoms with E-state index < -0.39 is 11.2 Å². The summed E-state index contributed by atoms with van der Waals surface area (Å²) in [6.07, 6.45) is 2.66.